The summed E-state index contributed by atoms with van der Waals surface area (Å²) in [5.74, 6) is 0. The molecule has 0 heterocycles. The van der Waals surface area contributed by atoms with Gasteiger partial charge in [0.05, 0.1) is 6.04 Å². The van der Waals surface area contributed by atoms with E-state index in [2.05, 4.69) is 31.2 Å². The van der Waals surface area contributed by atoms with Crippen LogP contribution in [0.5, 0.6) is 0 Å². The van der Waals surface area contributed by atoms with E-state index in [0.717, 1.165) is 19.3 Å². The number of hydrogen-bond donors (Lipinski definition) is 2. The Balaban J connectivity index is 2.79. The molecule has 0 aromatic carbocycles. The van der Waals surface area contributed by atoms with Crippen molar-refractivity contribution in [3.05, 3.63) is 0 Å². The van der Waals surface area contributed by atoms with Gasteiger partial charge in [0.25, 0.3) is 0 Å². The van der Waals surface area contributed by atoms with Crippen LogP contribution in [0.3, 0.4) is 0 Å². The normalized spacial score (nSPS) is 34.5. The zero-order chi connectivity index (χ0) is 11.5. The molecular weight excluding hydrogens is 192 g/mol. The Morgan fingerprint density at radius 3 is 2.67 bits per heavy atom. The third kappa shape index (κ3) is 3.42. The van der Waals surface area contributed by atoms with E-state index in [1.807, 2.05) is 0 Å². The highest BCUT2D eigenvalue weighted by molar-refractivity contribution is 5.33. The highest BCUT2D eigenvalue weighted by Gasteiger charge is 2.41. The van der Waals surface area contributed by atoms with Crippen molar-refractivity contribution in [2.75, 3.05) is 6.54 Å². The van der Waals surface area contributed by atoms with Gasteiger partial charge in [-0.1, -0.05) is 20.8 Å². The Morgan fingerprint density at radius 1 is 1.47 bits per heavy atom. The van der Waals surface area contributed by atoms with Crippen molar-refractivity contribution < 1.29 is 10.0 Å². The van der Waals surface area contributed by atoms with E-state index in [-0.39, 0.29) is 16.9 Å². The lowest BCUT2D eigenvalue weighted by atomic mass is 9.63. The van der Waals surface area contributed by atoms with Crippen molar-refractivity contribution in [3.63, 3.8) is 0 Å². The molecule has 4 nitrogen and oxygen atoms in total. The van der Waals surface area contributed by atoms with Gasteiger partial charge < -0.3 is 5.21 Å². The molecule has 2 atom stereocenters. The molecule has 1 saturated carbocycles. The number of nitrogens with zero attached hydrogens (tertiary/aromatic N) is 1. The van der Waals surface area contributed by atoms with Crippen LogP contribution in [0.1, 0.15) is 40.0 Å². The average Bonchev–Trinajstić information content (AvgIpc) is 1.99. The highest BCUT2D eigenvalue weighted by atomic mass is 16.5. The maximum atomic E-state index is 10.3. The molecule has 1 fully saturated rings. The molecule has 0 aromatic heterocycles. The van der Waals surface area contributed by atoms with Crippen LogP contribution in [-0.2, 0) is 4.79 Å². The van der Waals surface area contributed by atoms with Crippen molar-refractivity contribution in [2.45, 2.75) is 46.1 Å². The van der Waals surface area contributed by atoms with E-state index in [4.69, 9.17) is 5.21 Å². The molecule has 0 amide bonds. The second-order valence-electron chi connectivity index (χ2n) is 5.77. The molecule has 86 valence electrons. The molecule has 0 saturated heterocycles. The number of rotatable bonds is 3. The quantitative estimate of drug-likeness (QED) is 0.426. The third-order valence-corrected chi connectivity index (χ3v) is 3.16. The fraction of sp³-hybridized carbons (Fsp3) is 0.909. The number of hydroxylamine groups is 1. The Bertz CT molecular complexity index is 272. The Morgan fingerprint density at radius 2 is 2.13 bits per heavy atom. The van der Waals surface area contributed by atoms with Crippen molar-refractivity contribution in [1.29, 1.82) is 0 Å². The van der Waals surface area contributed by atoms with E-state index in [1.165, 1.54) is 0 Å². The Hall–Kier alpha value is -0.700. The molecule has 0 bridgehead atoms. The molecule has 0 aromatic rings. The summed E-state index contributed by atoms with van der Waals surface area (Å²) in [7, 11) is 0. The fourth-order valence-electron chi connectivity index (χ4n) is 3.07. The monoisotopic (exact) mass is 212 g/mol. The summed E-state index contributed by atoms with van der Waals surface area (Å²) < 4.78 is 0. The van der Waals surface area contributed by atoms with Gasteiger partial charge in [-0.05, 0) is 30.1 Å². The van der Waals surface area contributed by atoms with Gasteiger partial charge in [0.15, 0.2) is 0 Å². The number of carbonyl (C=O) groups excluding carboxylic acids is 1. The maximum absolute atomic E-state index is 10.3. The van der Waals surface area contributed by atoms with Gasteiger partial charge in [0, 0.05) is 6.54 Å². The summed E-state index contributed by atoms with van der Waals surface area (Å²) in [6, 6.07) is 0.0459. The van der Waals surface area contributed by atoms with Crippen molar-refractivity contribution in [3.8, 4) is 0 Å². The van der Waals surface area contributed by atoms with E-state index in [0.29, 0.717) is 6.54 Å². The second kappa shape index (κ2) is 4.44. The van der Waals surface area contributed by atoms with Crippen LogP contribution in [0.25, 0.3) is 0 Å². The largest absolute Gasteiger partial charge is 0.317 e. The number of isocyanates is 1. The van der Waals surface area contributed by atoms with Crippen LogP contribution < -0.4 is 5.48 Å². The molecular formula is C11H20N2O2. The zero-order valence-corrected chi connectivity index (χ0v) is 9.71. The third-order valence-electron chi connectivity index (χ3n) is 3.16. The zero-order valence-electron chi connectivity index (χ0n) is 9.71. The minimum Gasteiger partial charge on any atom is -0.317 e. The Labute approximate surface area is 90.7 Å². The van der Waals surface area contributed by atoms with E-state index < -0.39 is 0 Å². The van der Waals surface area contributed by atoms with Crippen LogP contribution in [0, 0.1) is 10.8 Å². The Kier molecular flexibility index (Phi) is 3.66. The first-order valence-corrected chi connectivity index (χ1v) is 5.35. The van der Waals surface area contributed by atoms with Gasteiger partial charge in [0.2, 0.25) is 6.08 Å². The van der Waals surface area contributed by atoms with Gasteiger partial charge in [-0.2, -0.15) is 0 Å². The summed E-state index contributed by atoms with van der Waals surface area (Å²) in [6.45, 7) is 7.01. The van der Waals surface area contributed by atoms with E-state index in [9.17, 15) is 4.79 Å². The van der Waals surface area contributed by atoms with Crippen molar-refractivity contribution >= 4 is 6.08 Å². The topological polar surface area (TPSA) is 61.7 Å². The van der Waals surface area contributed by atoms with Crippen LogP contribution in [-0.4, -0.2) is 23.9 Å². The molecule has 0 spiro atoms. The fourth-order valence-corrected chi connectivity index (χ4v) is 3.07. The summed E-state index contributed by atoms with van der Waals surface area (Å²) in [6.07, 6.45) is 4.43. The molecule has 4 heteroatoms. The molecule has 1 aliphatic carbocycles. The maximum Gasteiger partial charge on any atom is 0.235 e. The van der Waals surface area contributed by atoms with E-state index >= 15 is 0 Å². The van der Waals surface area contributed by atoms with Crippen LogP contribution >= 0.6 is 0 Å². The minimum absolute atomic E-state index is 0.00150. The van der Waals surface area contributed by atoms with Gasteiger partial charge in [0.1, 0.15) is 0 Å². The average molecular weight is 212 g/mol. The summed E-state index contributed by atoms with van der Waals surface area (Å²) in [4.78, 5) is 14.1. The minimum atomic E-state index is 0.00150. The molecule has 1 rings (SSSR count). The molecule has 0 radical (unpaired) electrons. The molecule has 0 aliphatic heterocycles. The van der Waals surface area contributed by atoms with Gasteiger partial charge in [-0.15, -0.1) is 0 Å². The van der Waals surface area contributed by atoms with Gasteiger partial charge in [-0.3, -0.25) is 0 Å². The second-order valence-corrected chi connectivity index (χ2v) is 5.77. The molecule has 1 aliphatic rings. The van der Waals surface area contributed by atoms with Crippen molar-refractivity contribution in [2.24, 2.45) is 15.8 Å². The van der Waals surface area contributed by atoms with Gasteiger partial charge >= 0.3 is 0 Å². The molecule has 2 unspecified atom stereocenters. The summed E-state index contributed by atoms with van der Waals surface area (Å²) in [5, 5.41) is 8.81. The summed E-state index contributed by atoms with van der Waals surface area (Å²) >= 11 is 0. The first-order valence-electron chi connectivity index (χ1n) is 5.35. The van der Waals surface area contributed by atoms with Gasteiger partial charge in [-0.25, -0.2) is 15.3 Å². The van der Waals surface area contributed by atoms with Crippen LogP contribution in [0.2, 0.25) is 0 Å². The number of hydrogen-bond acceptors (Lipinski definition) is 4. The lowest BCUT2D eigenvalue weighted by Gasteiger charge is -2.44. The summed E-state index contributed by atoms with van der Waals surface area (Å²) in [5.41, 5.74) is 2.40. The first-order chi connectivity index (χ1) is 6.91. The standard InChI is InChI=1S/C11H20N2O2/c1-10(2)4-9(12-8-14)5-11(3,6-10)7-13-15/h9,13,15H,4-7H2,1-3H3. The number of aliphatic imine (C=N–C) groups is 1. The van der Waals surface area contributed by atoms with Crippen LogP contribution in [0.15, 0.2) is 4.99 Å². The lowest BCUT2D eigenvalue weighted by Crippen LogP contribution is -2.42. The lowest BCUT2D eigenvalue weighted by molar-refractivity contribution is 0.0416. The predicted octanol–water partition coefficient (Wildman–Crippen LogP) is 1.89. The van der Waals surface area contributed by atoms with Crippen LogP contribution in [0.4, 0.5) is 0 Å². The smallest absolute Gasteiger partial charge is 0.235 e. The number of nitrogens with one attached hydrogen (secondary N) is 1. The first kappa shape index (κ1) is 12.4. The van der Waals surface area contributed by atoms with E-state index in [1.54, 1.807) is 6.08 Å². The molecule has 15 heavy (non-hydrogen) atoms. The molecule has 2 N–H and O–H groups in total. The highest BCUT2D eigenvalue weighted by Crippen LogP contribution is 2.46. The SMILES string of the molecule is CC1(C)CC(N=C=O)CC(C)(CNO)C1. The van der Waals surface area contributed by atoms with Crippen molar-refractivity contribution in [1.82, 2.24) is 5.48 Å². The predicted molar refractivity (Wildman–Crippen MR) is 57.4 cm³/mol.